The average molecular weight is 753 g/mol. The quantitative estimate of drug-likeness (QED) is 0.282. The Bertz CT molecular complexity index is 1630. The fourth-order valence-electron chi connectivity index (χ4n) is 8.17. The van der Waals surface area contributed by atoms with Crippen LogP contribution in [0.1, 0.15) is 89.2 Å². The van der Waals surface area contributed by atoms with Crippen LogP contribution in [-0.2, 0) is 47.5 Å². The monoisotopic (exact) mass is 752 g/mol. The first kappa shape index (κ1) is 39.5. The first-order valence-corrected chi connectivity index (χ1v) is 18.6. The van der Waals surface area contributed by atoms with Crippen molar-refractivity contribution in [1.82, 2.24) is 10.6 Å². The minimum atomic E-state index is -1.14. The zero-order chi connectivity index (χ0) is 38.6. The molecule has 14 heteroatoms. The van der Waals surface area contributed by atoms with Gasteiger partial charge in [0.25, 0.3) is 0 Å². The third kappa shape index (κ3) is 8.36. The van der Waals surface area contributed by atoms with Gasteiger partial charge in [0.1, 0.15) is 23.3 Å². The zero-order valence-corrected chi connectivity index (χ0v) is 31.8. The van der Waals surface area contributed by atoms with Crippen LogP contribution in [-0.4, -0.2) is 99.6 Å². The van der Waals surface area contributed by atoms with Crippen molar-refractivity contribution in [3.63, 3.8) is 0 Å². The molecule has 2 saturated heterocycles. The van der Waals surface area contributed by atoms with Gasteiger partial charge >= 0.3 is 24.1 Å². The Morgan fingerprint density at radius 3 is 1.41 bits per heavy atom. The SMILES string of the molecule is COC(=O)C1(NC(=O)OC(C)(C)C)CCC2(CC1)OCCO2.COC(=O)C1(NC(=O)OCC2c3ccccc3-c3ccccc32)CCC2(CC1)OCCO2. The van der Waals surface area contributed by atoms with Crippen LogP contribution in [0.25, 0.3) is 11.1 Å². The average Bonchev–Trinajstić information content (AvgIpc) is 3.90. The van der Waals surface area contributed by atoms with Crippen LogP contribution in [0.5, 0.6) is 0 Å². The Morgan fingerprint density at radius 1 is 0.630 bits per heavy atom. The van der Waals surface area contributed by atoms with E-state index in [0.717, 1.165) is 22.3 Å². The standard InChI is InChI=1S/C25H27NO6.C15H25NO6/c1-29-22(27)24(10-12-25(13-11-24)31-14-15-32-25)26-23(28)30-16-21-19-8-4-2-6-17(19)18-7-3-5-9-20(18)21;1-13(2,3)22-12(18)16-14(11(17)19-4)5-7-15(8-6-14)20-9-10-21-15/h2-9,21H,10-16H2,1H3,(H,26,28);5-10H2,1-4H3,(H,16,18). The summed E-state index contributed by atoms with van der Waals surface area (Å²) >= 11 is 0. The zero-order valence-electron chi connectivity index (χ0n) is 31.8. The Morgan fingerprint density at radius 2 is 1.02 bits per heavy atom. The van der Waals surface area contributed by atoms with E-state index in [9.17, 15) is 19.2 Å². The number of hydrogen-bond acceptors (Lipinski definition) is 12. The molecular weight excluding hydrogens is 700 g/mol. The van der Waals surface area contributed by atoms with Crippen LogP contribution >= 0.6 is 0 Å². The second-order valence-electron chi connectivity index (χ2n) is 15.4. The number of hydrogen-bond donors (Lipinski definition) is 2. The van der Waals surface area contributed by atoms with E-state index in [-0.39, 0.29) is 12.5 Å². The Hall–Kier alpha value is -4.24. The predicted molar refractivity (Wildman–Crippen MR) is 193 cm³/mol. The van der Waals surface area contributed by atoms with Gasteiger partial charge in [0.15, 0.2) is 11.6 Å². The summed E-state index contributed by atoms with van der Waals surface area (Å²) < 4.78 is 43.6. The van der Waals surface area contributed by atoms with Crippen LogP contribution < -0.4 is 10.6 Å². The number of rotatable bonds is 6. The highest BCUT2D eigenvalue weighted by Crippen LogP contribution is 2.45. The van der Waals surface area contributed by atoms with Crippen LogP contribution in [0.3, 0.4) is 0 Å². The summed E-state index contributed by atoms with van der Waals surface area (Å²) in [6, 6.07) is 16.3. The summed E-state index contributed by atoms with van der Waals surface area (Å²) in [5.41, 5.74) is 1.75. The number of methoxy groups -OCH3 is 2. The second kappa shape index (κ2) is 15.9. The molecule has 7 rings (SSSR count). The van der Waals surface area contributed by atoms with E-state index in [1.54, 1.807) is 20.8 Å². The summed E-state index contributed by atoms with van der Waals surface area (Å²) in [4.78, 5) is 49.7. The number of carbonyl (C=O) groups excluding carboxylic acids is 4. The lowest BCUT2D eigenvalue weighted by atomic mass is 9.78. The molecule has 2 aromatic carbocycles. The molecular formula is C40H52N2O12. The van der Waals surface area contributed by atoms with Gasteiger partial charge < -0.3 is 48.5 Å². The normalized spacial score (nSPS) is 23.3. The van der Waals surface area contributed by atoms with E-state index in [4.69, 9.17) is 37.9 Å². The van der Waals surface area contributed by atoms with Gasteiger partial charge in [-0.1, -0.05) is 48.5 Å². The van der Waals surface area contributed by atoms with Gasteiger partial charge in [-0.15, -0.1) is 0 Å². The van der Waals surface area contributed by atoms with Crippen LogP contribution in [0, 0.1) is 0 Å². The molecule has 0 unspecified atom stereocenters. The number of amides is 2. The highest BCUT2D eigenvalue weighted by Gasteiger charge is 2.53. The minimum Gasteiger partial charge on any atom is -0.467 e. The van der Waals surface area contributed by atoms with Crippen LogP contribution in [0.2, 0.25) is 0 Å². The van der Waals surface area contributed by atoms with E-state index >= 15 is 0 Å². The van der Waals surface area contributed by atoms with Crippen molar-refractivity contribution in [1.29, 1.82) is 0 Å². The van der Waals surface area contributed by atoms with E-state index in [0.29, 0.717) is 77.8 Å². The van der Waals surface area contributed by atoms with Crippen molar-refractivity contribution < 1.29 is 57.1 Å². The lowest BCUT2D eigenvalue weighted by molar-refractivity contribution is -0.192. The number of carbonyl (C=O) groups is 4. The van der Waals surface area contributed by atoms with Crippen LogP contribution in [0.4, 0.5) is 9.59 Å². The maximum Gasteiger partial charge on any atom is 0.408 e. The van der Waals surface area contributed by atoms with Crippen molar-refractivity contribution in [2.45, 2.75) is 106 Å². The fourth-order valence-corrected chi connectivity index (χ4v) is 8.17. The molecule has 0 aromatic heterocycles. The summed E-state index contributed by atoms with van der Waals surface area (Å²) in [6.07, 6.45) is 2.32. The Labute approximate surface area is 315 Å². The first-order valence-electron chi connectivity index (χ1n) is 18.6. The molecule has 294 valence electrons. The molecule has 2 saturated carbocycles. The molecule has 2 aromatic rings. The Kier molecular flexibility index (Phi) is 11.6. The van der Waals surface area contributed by atoms with Crippen molar-refractivity contribution >= 4 is 24.1 Å². The number of ether oxygens (including phenoxy) is 8. The molecule has 54 heavy (non-hydrogen) atoms. The number of esters is 2. The third-order valence-corrected chi connectivity index (χ3v) is 10.9. The van der Waals surface area contributed by atoms with Gasteiger partial charge in [-0.25, -0.2) is 19.2 Å². The van der Waals surface area contributed by atoms with Gasteiger partial charge in [-0.3, -0.25) is 0 Å². The highest BCUT2D eigenvalue weighted by molar-refractivity contribution is 5.87. The molecule has 2 heterocycles. The molecule has 0 bridgehead atoms. The van der Waals surface area contributed by atoms with Crippen molar-refractivity contribution in [3.8, 4) is 11.1 Å². The topological polar surface area (TPSA) is 166 Å². The largest absolute Gasteiger partial charge is 0.467 e. The van der Waals surface area contributed by atoms with Gasteiger partial charge in [0.05, 0.1) is 40.6 Å². The first-order chi connectivity index (χ1) is 25.8. The van der Waals surface area contributed by atoms with Crippen LogP contribution in [0.15, 0.2) is 48.5 Å². The van der Waals surface area contributed by atoms with E-state index in [1.165, 1.54) is 14.2 Å². The number of benzene rings is 2. The van der Waals surface area contributed by atoms with E-state index < -0.39 is 52.4 Å². The molecule has 2 aliphatic heterocycles. The minimum absolute atomic E-state index is 0.0443. The number of nitrogens with one attached hydrogen (secondary N) is 2. The third-order valence-electron chi connectivity index (χ3n) is 10.9. The van der Waals surface area contributed by atoms with Crippen molar-refractivity contribution in [2.75, 3.05) is 47.3 Å². The van der Waals surface area contributed by atoms with Gasteiger partial charge in [-0.05, 0) is 68.7 Å². The van der Waals surface area contributed by atoms with Crippen molar-refractivity contribution in [2.24, 2.45) is 0 Å². The maximum atomic E-state index is 12.8. The summed E-state index contributed by atoms with van der Waals surface area (Å²) in [6.45, 7) is 7.72. The lowest BCUT2D eigenvalue weighted by Crippen LogP contribution is -2.60. The Balaban J connectivity index is 0.000000199. The number of alkyl carbamates (subject to hydrolysis) is 2. The molecule has 2 N–H and O–H groups in total. The lowest BCUT2D eigenvalue weighted by Gasteiger charge is -2.42. The van der Waals surface area contributed by atoms with E-state index in [1.807, 2.05) is 24.3 Å². The maximum absolute atomic E-state index is 12.8. The highest BCUT2D eigenvalue weighted by atomic mass is 16.7. The molecule has 4 fully saturated rings. The molecule has 0 radical (unpaired) electrons. The molecule has 2 amide bonds. The second-order valence-corrected chi connectivity index (χ2v) is 15.4. The van der Waals surface area contributed by atoms with Gasteiger partial charge in [0, 0.05) is 31.6 Å². The number of fused-ring (bicyclic) bond motifs is 3. The summed E-state index contributed by atoms with van der Waals surface area (Å²) in [7, 11) is 2.64. The molecule has 3 aliphatic carbocycles. The van der Waals surface area contributed by atoms with Crippen molar-refractivity contribution in [3.05, 3.63) is 59.7 Å². The predicted octanol–water partition coefficient (Wildman–Crippen LogP) is 5.49. The summed E-state index contributed by atoms with van der Waals surface area (Å²) in [5, 5.41) is 5.51. The molecule has 2 spiro atoms. The molecule has 0 atom stereocenters. The fraction of sp³-hybridized carbons (Fsp3) is 0.600. The molecule has 5 aliphatic rings. The van der Waals surface area contributed by atoms with Gasteiger partial charge in [0.2, 0.25) is 0 Å². The smallest absolute Gasteiger partial charge is 0.408 e. The van der Waals surface area contributed by atoms with E-state index in [2.05, 4.69) is 34.9 Å². The molecule has 14 nitrogen and oxygen atoms in total. The summed E-state index contributed by atoms with van der Waals surface area (Å²) in [5.74, 6) is -2.25. The van der Waals surface area contributed by atoms with Gasteiger partial charge in [-0.2, -0.15) is 0 Å².